The number of nitrogens with two attached hydrogens (primary N) is 1. The molecular weight excluding hydrogens is 454 g/mol. The smallest absolute Gasteiger partial charge is 0.250 e. The lowest BCUT2D eigenvalue weighted by atomic mass is 10.00. The van der Waals surface area contributed by atoms with Crippen LogP contribution in [0.3, 0.4) is 0 Å². The zero-order valence-electron chi connectivity index (χ0n) is 18.0. The van der Waals surface area contributed by atoms with Crippen molar-refractivity contribution >= 4 is 40.7 Å². The third-order valence-corrected chi connectivity index (χ3v) is 6.00. The highest BCUT2D eigenvalue weighted by atomic mass is 35.5. The van der Waals surface area contributed by atoms with E-state index in [-0.39, 0.29) is 17.9 Å². The third kappa shape index (κ3) is 4.20. The van der Waals surface area contributed by atoms with Crippen LogP contribution in [0, 0.1) is 0 Å². The lowest BCUT2D eigenvalue weighted by Gasteiger charge is -2.20. The summed E-state index contributed by atoms with van der Waals surface area (Å²) in [4.78, 5) is 35.9. The van der Waals surface area contributed by atoms with Gasteiger partial charge in [-0.2, -0.15) is 5.10 Å². The van der Waals surface area contributed by atoms with Gasteiger partial charge in [-0.25, -0.2) is 9.97 Å². The monoisotopic (exact) mass is 473 g/mol. The van der Waals surface area contributed by atoms with Crippen LogP contribution in [-0.2, 0) is 17.6 Å². The molecule has 0 saturated carbocycles. The fraction of sp³-hybridized carbons (Fsp3) is 0.125. The first-order valence-electron chi connectivity index (χ1n) is 10.6. The average molecular weight is 474 g/mol. The summed E-state index contributed by atoms with van der Waals surface area (Å²) in [6, 6.07) is 12.6. The molecule has 0 radical (unpaired) electrons. The van der Waals surface area contributed by atoms with E-state index in [0.29, 0.717) is 40.9 Å². The molecule has 4 N–H and O–H groups in total. The Morgan fingerprint density at radius 3 is 2.82 bits per heavy atom. The van der Waals surface area contributed by atoms with Gasteiger partial charge in [0, 0.05) is 29.5 Å². The van der Waals surface area contributed by atoms with Crippen molar-refractivity contribution < 1.29 is 9.59 Å². The number of hydrogen-bond acceptors (Lipinski definition) is 6. The summed E-state index contributed by atoms with van der Waals surface area (Å²) in [7, 11) is 0. The van der Waals surface area contributed by atoms with Crippen LogP contribution in [0.4, 0.5) is 17.3 Å². The van der Waals surface area contributed by atoms with Crippen LogP contribution in [0.15, 0.2) is 61.1 Å². The lowest BCUT2D eigenvalue weighted by molar-refractivity contribution is -0.117. The van der Waals surface area contributed by atoms with E-state index in [2.05, 4.69) is 25.5 Å². The van der Waals surface area contributed by atoms with Gasteiger partial charge < -0.3 is 16.0 Å². The normalized spacial score (nSPS) is 12.4. The van der Waals surface area contributed by atoms with Crippen LogP contribution < -0.4 is 16.0 Å². The molecule has 0 saturated heterocycles. The van der Waals surface area contributed by atoms with Crippen molar-refractivity contribution in [2.24, 2.45) is 5.73 Å². The van der Waals surface area contributed by atoms with Crippen molar-refractivity contribution in [3.05, 3.63) is 82.8 Å². The van der Waals surface area contributed by atoms with Crippen LogP contribution in [0.25, 0.3) is 11.3 Å². The van der Waals surface area contributed by atoms with Gasteiger partial charge in [0.25, 0.3) is 5.91 Å². The maximum Gasteiger partial charge on any atom is 0.250 e. The molecule has 9 nitrogen and oxygen atoms in total. The summed E-state index contributed by atoms with van der Waals surface area (Å²) in [5.41, 5.74) is 10.2. The first-order chi connectivity index (χ1) is 16.5. The topological polar surface area (TPSA) is 130 Å². The third-order valence-electron chi connectivity index (χ3n) is 5.64. The quantitative estimate of drug-likeness (QED) is 0.393. The molecule has 2 aromatic carbocycles. The number of fused-ring (bicyclic) bond motifs is 1. The fourth-order valence-electron chi connectivity index (χ4n) is 4.06. The van der Waals surface area contributed by atoms with Crippen LogP contribution in [-0.4, -0.2) is 38.5 Å². The molecule has 0 fully saturated rings. The molecule has 0 bridgehead atoms. The number of primary amides is 1. The van der Waals surface area contributed by atoms with Gasteiger partial charge in [0.1, 0.15) is 0 Å². The summed E-state index contributed by atoms with van der Waals surface area (Å²) in [6.45, 7) is 0.458. The number of aromatic nitrogens is 4. The molecule has 2 aromatic heterocycles. The van der Waals surface area contributed by atoms with Gasteiger partial charge in [-0.1, -0.05) is 29.8 Å². The van der Waals surface area contributed by atoms with Gasteiger partial charge in [0.15, 0.2) is 0 Å². The Labute approximate surface area is 200 Å². The van der Waals surface area contributed by atoms with Gasteiger partial charge >= 0.3 is 0 Å². The predicted octanol–water partition coefficient (Wildman–Crippen LogP) is 3.49. The number of halogens is 1. The van der Waals surface area contributed by atoms with Crippen molar-refractivity contribution in [3.63, 3.8) is 0 Å². The minimum atomic E-state index is -0.610. The number of rotatable bonds is 6. The summed E-state index contributed by atoms with van der Waals surface area (Å²) in [6.07, 6.45) is 5.66. The highest BCUT2D eigenvalue weighted by Gasteiger charge is 2.30. The Balaban J connectivity index is 1.47. The van der Waals surface area contributed by atoms with E-state index in [1.807, 2.05) is 24.3 Å². The van der Waals surface area contributed by atoms with Crippen molar-refractivity contribution in [3.8, 4) is 11.3 Å². The summed E-state index contributed by atoms with van der Waals surface area (Å²) < 4.78 is 0. The maximum atomic E-state index is 13.1. The average Bonchev–Trinajstić information content (AvgIpc) is 3.50. The van der Waals surface area contributed by atoms with E-state index >= 15 is 0 Å². The van der Waals surface area contributed by atoms with E-state index < -0.39 is 5.91 Å². The molecule has 2 amide bonds. The van der Waals surface area contributed by atoms with Crippen molar-refractivity contribution in [2.45, 2.75) is 12.8 Å². The molecule has 1 aliphatic heterocycles. The number of carbonyl (C=O) groups excluding carboxylic acids is 2. The first kappa shape index (κ1) is 21.6. The largest absolute Gasteiger partial charge is 0.366 e. The molecular formula is C24H20ClN7O2. The fourth-order valence-corrected chi connectivity index (χ4v) is 4.26. The SMILES string of the molecule is NC(=O)c1cc(-c2ccnc(Nc3cn[nH]c3)n2)cc2c1N(C(=O)Cc1ccccc1Cl)CC2. The van der Waals surface area contributed by atoms with Gasteiger partial charge in [0.05, 0.1) is 35.2 Å². The second kappa shape index (κ2) is 8.95. The lowest BCUT2D eigenvalue weighted by Crippen LogP contribution is -2.32. The van der Waals surface area contributed by atoms with Crippen molar-refractivity contribution in [2.75, 3.05) is 16.8 Å². The summed E-state index contributed by atoms with van der Waals surface area (Å²) in [5, 5.41) is 10.2. The van der Waals surface area contributed by atoms with E-state index in [4.69, 9.17) is 17.3 Å². The molecule has 170 valence electrons. The van der Waals surface area contributed by atoms with Crippen molar-refractivity contribution in [1.29, 1.82) is 0 Å². The highest BCUT2D eigenvalue weighted by Crippen LogP contribution is 2.36. The Morgan fingerprint density at radius 2 is 2.06 bits per heavy atom. The number of H-pyrrole nitrogens is 1. The zero-order chi connectivity index (χ0) is 23.7. The number of carbonyl (C=O) groups is 2. The molecule has 0 atom stereocenters. The Morgan fingerprint density at radius 1 is 1.21 bits per heavy atom. The van der Waals surface area contributed by atoms with Gasteiger partial charge in [-0.05, 0) is 41.8 Å². The number of nitrogens with one attached hydrogen (secondary N) is 2. The minimum absolute atomic E-state index is 0.133. The van der Waals surface area contributed by atoms with E-state index in [9.17, 15) is 9.59 Å². The minimum Gasteiger partial charge on any atom is -0.366 e. The van der Waals surface area contributed by atoms with Crippen LogP contribution >= 0.6 is 11.6 Å². The first-order valence-corrected chi connectivity index (χ1v) is 11.0. The zero-order valence-corrected chi connectivity index (χ0v) is 18.7. The Hall–Kier alpha value is -4.24. The highest BCUT2D eigenvalue weighted by molar-refractivity contribution is 6.31. The van der Waals surface area contributed by atoms with Gasteiger partial charge in [-0.15, -0.1) is 0 Å². The Kier molecular flexibility index (Phi) is 5.69. The molecule has 0 aliphatic carbocycles. The maximum absolute atomic E-state index is 13.1. The number of nitrogens with zero attached hydrogens (tertiary/aromatic N) is 4. The molecule has 0 unspecified atom stereocenters. The second-order valence-corrected chi connectivity index (χ2v) is 8.24. The number of hydrogen-bond donors (Lipinski definition) is 3. The van der Waals surface area contributed by atoms with Crippen LogP contribution in [0.2, 0.25) is 5.02 Å². The summed E-state index contributed by atoms with van der Waals surface area (Å²) in [5.74, 6) is -0.367. The number of anilines is 3. The molecule has 1 aliphatic rings. The number of amides is 2. The molecule has 0 spiro atoms. The summed E-state index contributed by atoms with van der Waals surface area (Å²) >= 11 is 6.24. The molecule has 3 heterocycles. The predicted molar refractivity (Wildman–Crippen MR) is 129 cm³/mol. The molecule has 10 heteroatoms. The van der Waals surface area contributed by atoms with E-state index in [1.54, 1.807) is 41.7 Å². The molecule has 4 aromatic rings. The van der Waals surface area contributed by atoms with Gasteiger partial charge in [-0.3, -0.25) is 14.7 Å². The van der Waals surface area contributed by atoms with Gasteiger partial charge in [0.2, 0.25) is 11.9 Å². The molecule has 5 rings (SSSR count). The number of aromatic amines is 1. The second-order valence-electron chi connectivity index (χ2n) is 7.84. The molecule has 34 heavy (non-hydrogen) atoms. The van der Waals surface area contributed by atoms with Crippen LogP contribution in [0.1, 0.15) is 21.5 Å². The van der Waals surface area contributed by atoms with Crippen LogP contribution in [0.5, 0.6) is 0 Å². The van der Waals surface area contributed by atoms with E-state index in [1.165, 1.54) is 0 Å². The van der Waals surface area contributed by atoms with Crippen molar-refractivity contribution in [1.82, 2.24) is 20.2 Å². The number of benzene rings is 2. The Bertz CT molecular complexity index is 1390. The standard InChI is InChI=1S/C24H20ClN7O2/c25-19-4-2-1-3-14(19)11-21(33)32-8-6-15-9-16(10-18(22(15)32)23(26)34)20-5-7-27-24(31-20)30-17-12-28-29-13-17/h1-5,7,9-10,12-13H,6,8,11H2,(H2,26,34)(H,28,29)(H,27,30,31). The van der Waals surface area contributed by atoms with E-state index in [0.717, 1.165) is 16.8 Å².